The Morgan fingerprint density at radius 3 is 2.88 bits per heavy atom. The van der Waals surface area contributed by atoms with E-state index in [0.29, 0.717) is 5.92 Å². The summed E-state index contributed by atoms with van der Waals surface area (Å²) in [5.41, 5.74) is 1.45. The Hall–Kier alpha value is -1.33. The minimum absolute atomic E-state index is 0.0523. The molecule has 0 spiro atoms. The number of hydrogen-bond donors (Lipinski definition) is 0. The summed E-state index contributed by atoms with van der Waals surface area (Å²) in [4.78, 5) is 2.45. The van der Waals surface area contributed by atoms with E-state index in [1.54, 1.807) is 0 Å². The zero-order valence-corrected chi connectivity index (χ0v) is 9.39. The standard InChI is InChI=1S/C14H16N2/c15-10-14-8-13(14)9-16(11-14)7-6-12-4-2-1-3-5-12/h1-5,13H,6-9,11H2/t13?,14-/m1/s1. The third-order valence-corrected chi connectivity index (χ3v) is 4.00. The molecule has 2 nitrogen and oxygen atoms in total. The summed E-state index contributed by atoms with van der Waals surface area (Å²) in [6, 6.07) is 13.1. The number of nitriles is 1. The first-order valence-corrected chi connectivity index (χ1v) is 6.00. The molecule has 1 heterocycles. The number of hydrogen-bond acceptors (Lipinski definition) is 2. The van der Waals surface area contributed by atoms with Crippen LogP contribution in [0.2, 0.25) is 0 Å². The maximum atomic E-state index is 9.09. The van der Waals surface area contributed by atoms with Crippen molar-refractivity contribution in [1.82, 2.24) is 4.90 Å². The molecule has 82 valence electrons. The molecule has 1 aromatic rings. The van der Waals surface area contributed by atoms with Gasteiger partial charge in [-0.1, -0.05) is 30.3 Å². The lowest BCUT2D eigenvalue weighted by Crippen LogP contribution is -2.27. The van der Waals surface area contributed by atoms with Gasteiger partial charge in [-0.15, -0.1) is 0 Å². The van der Waals surface area contributed by atoms with Gasteiger partial charge >= 0.3 is 0 Å². The topological polar surface area (TPSA) is 27.0 Å². The van der Waals surface area contributed by atoms with Gasteiger partial charge in [0, 0.05) is 19.6 Å². The number of benzene rings is 1. The van der Waals surface area contributed by atoms with E-state index < -0.39 is 0 Å². The van der Waals surface area contributed by atoms with Crippen molar-refractivity contribution >= 4 is 0 Å². The molecule has 1 unspecified atom stereocenters. The number of likely N-dealkylation sites (tertiary alicyclic amines) is 1. The number of fused-ring (bicyclic) bond motifs is 1. The molecule has 0 aromatic heterocycles. The molecule has 2 aliphatic rings. The smallest absolute Gasteiger partial charge is 0.0745 e. The van der Waals surface area contributed by atoms with E-state index in [4.69, 9.17) is 5.26 Å². The summed E-state index contributed by atoms with van der Waals surface area (Å²) in [5, 5.41) is 9.09. The first-order chi connectivity index (χ1) is 7.82. The van der Waals surface area contributed by atoms with Crippen LogP contribution >= 0.6 is 0 Å². The maximum Gasteiger partial charge on any atom is 0.0745 e. The number of piperidine rings is 1. The second-order valence-corrected chi connectivity index (χ2v) is 5.14. The molecule has 3 rings (SSSR count). The minimum Gasteiger partial charge on any atom is -0.301 e. The van der Waals surface area contributed by atoms with Crippen LogP contribution in [0.4, 0.5) is 0 Å². The highest BCUT2D eigenvalue weighted by atomic mass is 15.2. The molecular weight excluding hydrogens is 196 g/mol. The first-order valence-electron chi connectivity index (χ1n) is 6.00. The van der Waals surface area contributed by atoms with Crippen LogP contribution < -0.4 is 0 Å². The van der Waals surface area contributed by atoms with Crippen molar-refractivity contribution < 1.29 is 0 Å². The fraction of sp³-hybridized carbons (Fsp3) is 0.500. The van der Waals surface area contributed by atoms with E-state index >= 15 is 0 Å². The average molecular weight is 212 g/mol. The monoisotopic (exact) mass is 212 g/mol. The van der Waals surface area contributed by atoms with Gasteiger partial charge in [0.05, 0.1) is 11.5 Å². The Kier molecular flexibility index (Phi) is 2.22. The Labute approximate surface area is 96.5 Å². The third-order valence-electron chi connectivity index (χ3n) is 4.00. The Morgan fingerprint density at radius 1 is 1.38 bits per heavy atom. The summed E-state index contributed by atoms with van der Waals surface area (Å²) in [7, 11) is 0. The lowest BCUT2D eigenvalue weighted by molar-refractivity contribution is 0.298. The fourth-order valence-electron chi connectivity index (χ4n) is 2.86. The quantitative estimate of drug-likeness (QED) is 0.767. The second-order valence-electron chi connectivity index (χ2n) is 5.14. The van der Waals surface area contributed by atoms with Gasteiger partial charge in [0.15, 0.2) is 0 Å². The van der Waals surface area contributed by atoms with Crippen molar-refractivity contribution in [3.8, 4) is 6.07 Å². The van der Waals surface area contributed by atoms with E-state index in [0.717, 1.165) is 32.5 Å². The van der Waals surface area contributed by atoms with Crippen LogP contribution in [0.3, 0.4) is 0 Å². The van der Waals surface area contributed by atoms with Crippen molar-refractivity contribution in [2.45, 2.75) is 12.8 Å². The Balaban J connectivity index is 1.53. The summed E-state index contributed by atoms with van der Waals surface area (Å²) in [6.45, 7) is 3.24. The van der Waals surface area contributed by atoms with Crippen LogP contribution in [0, 0.1) is 22.7 Å². The van der Waals surface area contributed by atoms with Gasteiger partial charge in [-0.05, 0) is 24.3 Å². The van der Waals surface area contributed by atoms with Gasteiger partial charge < -0.3 is 4.90 Å². The molecule has 1 aromatic carbocycles. The molecular formula is C14H16N2. The van der Waals surface area contributed by atoms with E-state index in [-0.39, 0.29) is 5.41 Å². The van der Waals surface area contributed by atoms with E-state index in [1.165, 1.54) is 5.56 Å². The first kappa shape index (κ1) is 9.86. The second kappa shape index (κ2) is 3.61. The van der Waals surface area contributed by atoms with E-state index in [9.17, 15) is 0 Å². The minimum atomic E-state index is 0.0523. The highest BCUT2D eigenvalue weighted by Crippen LogP contribution is 2.57. The van der Waals surface area contributed by atoms with Gasteiger partial charge in [0.1, 0.15) is 0 Å². The lowest BCUT2D eigenvalue weighted by atomic mass is 10.1. The summed E-state index contributed by atoms with van der Waals surface area (Å²) < 4.78 is 0. The molecule has 2 atom stereocenters. The molecule has 0 bridgehead atoms. The van der Waals surface area contributed by atoms with E-state index in [1.807, 2.05) is 0 Å². The van der Waals surface area contributed by atoms with Gasteiger partial charge in [0.25, 0.3) is 0 Å². The van der Waals surface area contributed by atoms with Crippen LogP contribution in [0.15, 0.2) is 30.3 Å². The van der Waals surface area contributed by atoms with Crippen LogP contribution in [0.25, 0.3) is 0 Å². The lowest BCUT2D eigenvalue weighted by Gasteiger charge is -2.17. The molecule has 1 saturated carbocycles. The predicted molar refractivity (Wildman–Crippen MR) is 62.7 cm³/mol. The molecule has 0 radical (unpaired) electrons. The molecule has 2 heteroatoms. The van der Waals surface area contributed by atoms with E-state index in [2.05, 4.69) is 41.3 Å². The number of nitrogens with zero attached hydrogens (tertiary/aromatic N) is 2. The molecule has 1 aliphatic carbocycles. The number of rotatable bonds is 3. The van der Waals surface area contributed by atoms with Gasteiger partial charge in [-0.25, -0.2) is 0 Å². The molecule has 0 amide bonds. The van der Waals surface area contributed by atoms with Crippen molar-refractivity contribution in [1.29, 1.82) is 5.26 Å². The largest absolute Gasteiger partial charge is 0.301 e. The summed E-state index contributed by atoms with van der Waals surface area (Å²) in [6.07, 6.45) is 2.25. The molecule has 16 heavy (non-hydrogen) atoms. The van der Waals surface area contributed by atoms with Crippen LogP contribution in [0.1, 0.15) is 12.0 Å². The van der Waals surface area contributed by atoms with Gasteiger partial charge in [-0.2, -0.15) is 5.26 Å². The van der Waals surface area contributed by atoms with Crippen molar-refractivity contribution in [3.05, 3.63) is 35.9 Å². The highest BCUT2D eigenvalue weighted by Gasteiger charge is 2.60. The van der Waals surface area contributed by atoms with Crippen molar-refractivity contribution in [2.75, 3.05) is 19.6 Å². The van der Waals surface area contributed by atoms with Gasteiger partial charge in [0.2, 0.25) is 0 Å². The maximum absolute atomic E-state index is 9.09. The van der Waals surface area contributed by atoms with Gasteiger partial charge in [-0.3, -0.25) is 0 Å². The normalized spacial score (nSPS) is 32.1. The van der Waals surface area contributed by atoms with Crippen molar-refractivity contribution in [3.63, 3.8) is 0 Å². The summed E-state index contributed by atoms with van der Waals surface area (Å²) in [5.74, 6) is 0.674. The molecule has 2 fully saturated rings. The Morgan fingerprint density at radius 2 is 2.19 bits per heavy atom. The average Bonchev–Trinajstić information content (AvgIpc) is 2.91. The summed E-state index contributed by atoms with van der Waals surface area (Å²) >= 11 is 0. The van der Waals surface area contributed by atoms with Crippen molar-refractivity contribution in [2.24, 2.45) is 11.3 Å². The van der Waals surface area contributed by atoms with Crippen LogP contribution in [-0.2, 0) is 6.42 Å². The fourth-order valence-corrected chi connectivity index (χ4v) is 2.86. The molecule has 1 aliphatic heterocycles. The zero-order valence-electron chi connectivity index (χ0n) is 9.39. The molecule has 0 N–H and O–H groups in total. The Bertz CT molecular complexity index is 420. The highest BCUT2D eigenvalue weighted by molar-refractivity contribution is 5.22. The SMILES string of the molecule is N#C[C@@]12CC1CN(CCc1ccccc1)C2. The predicted octanol–water partition coefficient (Wildman–Crippen LogP) is 2.07. The third kappa shape index (κ3) is 1.62. The van der Waals surface area contributed by atoms with Crippen LogP contribution in [0.5, 0.6) is 0 Å². The zero-order chi connectivity index (χ0) is 11.0. The molecule has 1 saturated heterocycles. The van der Waals surface area contributed by atoms with Crippen LogP contribution in [-0.4, -0.2) is 24.5 Å².